The minimum atomic E-state index is -0.629. The molecule has 168 valence electrons. The van der Waals surface area contributed by atoms with E-state index in [1.807, 2.05) is 31.2 Å². The van der Waals surface area contributed by atoms with Gasteiger partial charge < -0.3 is 14.7 Å². The number of pyridine rings is 1. The second kappa shape index (κ2) is 9.15. The number of ether oxygens (including phenoxy) is 1. The molecule has 6 nitrogen and oxygen atoms in total. The zero-order valence-corrected chi connectivity index (χ0v) is 18.9. The number of likely N-dealkylation sites (tertiary alicyclic amines) is 1. The first kappa shape index (κ1) is 22.1. The normalized spacial score (nSPS) is 21.0. The van der Waals surface area contributed by atoms with Gasteiger partial charge in [-0.1, -0.05) is 26.7 Å². The van der Waals surface area contributed by atoms with Crippen molar-refractivity contribution in [1.82, 2.24) is 9.88 Å². The van der Waals surface area contributed by atoms with Crippen molar-refractivity contribution < 1.29 is 19.4 Å². The van der Waals surface area contributed by atoms with Crippen LogP contribution in [0.25, 0.3) is 5.76 Å². The first-order chi connectivity index (χ1) is 15.4. The summed E-state index contributed by atoms with van der Waals surface area (Å²) in [7, 11) is 0. The Labute approximate surface area is 188 Å². The fraction of sp³-hybridized carbons (Fsp3) is 0.423. The zero-order valence-electron chi connectivity index (χ0n) is 18.9. The van der Waals surface area contributed by atoms with Crippen molar-refractivity contribution in [2.75, 3.05) is 6.61 Å². The molecule has 1 N–H and O–H groups in total. The van der Waals surface area contributed by atoms with E-state index in [0.29, 0.717) is 12.2 Å². The topological polar surface area (TPSA) is 79.7 Å². The van der Waals surface area contributed by atoms with Gasteiger partial charge in [-0.15, -0.1) is 0 Å². The van der Waals surface area contributed by atoms with E-state index in [1.165, 1.54) is 0 Å². The van der Waals surface area contributed by atoms with E-state index < -0.39 is 17.7 Å². The third-order valence-electron chi connectivity index (χ3n) is 6.43. The summed E-state index contributed by atoms with van der Waals surface area (Å²) in [6.07, 6.45) is 7.11. The lowest BCUT2D eigenvalue weighted by Crippen LogP contribution is -2.37. The molecule has 1 saturated heterocycles. The lowest BCUT2D eigenvalue weighted by Gasteiger charge is -2.30. The maximum absolute atomic E-state index is 13.2. The summed E-state index contributed by atoms with van der Waals surface area (Å²) in [5.41, 5.74) is 2.39. The highest BCUT2D eigenvalue weighted by molar-refractivity contribution is 6.46. The van der Waals surface area contributed by atoms with Gasteiger partial charge in [0.1, 0.15) is 11.5 Å². The van der Waals surface area contributed by atoms with Gasteiger partial charge in [-0.3, -0.25) is 14.6 Å². The predicted octanol–water partition coefficient (Wildman–Crippen LogP) is 4.97. The molecule has 0 bridgehead atoms. The van der Waals surface area contributed by atoms with Crippen LogP contribution in [0.15, 0.2) is 48.3 Å². The molecule has 2 heterocycles. The van der Waals surface area contributed by atoms with Crippen molar-refractivity contribution in [3.05, 3.63) is 65.0 Å². The Bertz CT molecular complexity index is 1040. The van der Waals surface area contributed by atoms with E-state index >= 15 is 0 Å². The van der Waals surface area contributed by atoms with E-state index in [4.69, 9.17) is 4.74 Å². The number of ketones is 1. The van der Waals surface area contributed by atoms with Crippen molar-refractivity contribution in [3.63, 3.8) is 0 Å². The number of hydrogen-bond donors (Lipinski definition) is 1. The van der Waals surface area contributed by atoms with Crippen molar-refractivity contribution >= 4 is 17.4 Å². The third-order valence-corrected chi connectivity index (χ3v) is 6.43. The summed E-state index contributed by atoms with van der Waals surface area (Å²) in [5, 5.41) is 11.4. The standard InChI is InChI=1S/C26H30N2O4/c1-4-32-21-10-9-18(15-20(21)16(2)3)24(29)22-23(17-11-13-27-14-12-17)28(26(31)25(22)30)19-7-5-6-8-19/h9-16,19,23,29H,4-8H2,1-3H3/b24-22-. The van der Waals surface area contributed by atoms with E-state index in [9.17, 15) is 14.7 Å². The molecule has 1 aliphatic carbocycles. The second-order valence-corrected chi connectivity index (χ2v) is 8.77. The van der Waals surface area contributed by atoms with Crippen LogP contribution in [-0.2, 0) is 9.59 Å². The highest BCUT2D eigenvalue weighted by Crippen LogP contribution is 2.43. The summed E-state index contributed by atoms with van der Waals surface area (Å²) < 4.78 is 5.74. The van der Waals surface area contributed by atoms with Crippen LogP contribution in [0.3, 0.4) is 0 Å². The second-order valence-electron chi connectivity index (χ2n) is 8.77. The molecule has 1 atom stereocenters. The predicted molar refractivity (Wildman–Crippen MR) is 122 cm³/mol. The van der Waals surface area contributed by atoms with Gasteiger partial charge in [0.2, 0.25) is 0 Å². The number of hydrogen-bond acceptors (Lipinski definition) is 5. The average Bonchev–Trinajstić information content (AvgIpc) is 3.41. The lowest BCUT2D eigenvalue weighted by molar-refractivity contribution is -0.141. The summed E-state index contributed by atoms with van der Waals surface area (Å²) >= 11 is 0. The number of aliphatic hydroxyl groups is 1. The summed E-state index contributed by atoms with van der Waals surface area (Å²) in [6.45, 7) is 6.58. The van der Waals surface area contributed by atoms with Crippen LogP contribution in [0, 0.1) is 0 Å². The molecule has 2 aromatic rings. The molecular weight excluding hydrogens is 404 g/mol. The molecule has 2 fully saturated rings. The summed E-state index contributed by atoms with van der Waals surface area (Å²) in [4.78, 5) is 32.1. The monoisotopic (exact) mass is 434 g/mol. The number of nitrogens with zero attached hydrogens (tertiary/aromatic N) is 2. The van der Waals surface area contributed by atoms with Gasteiger partial charge in [0.25, 0.3) is 11.7 Å². The molecular formula is C26H30N2O4. The maximum atomic E-state index is 13.2. The largest absolute Gasteiger partial charge is 0.507 e. The quantitative estimate of drug-likeness (QED) is 0.395. The molecule has 1 saturated carbocycles. The SMILES string of the molecule is CCOc1ccc(/C(O)=C2/C(=O)C(=O)N(C3CCCC3)C2c2ccncc2)cc1C(C)C. The van der Waals surface area contributed by atoms with Gasteiger partial charge in [-0.05, 0) is 67.1 Å². The Balaban J connectivity index is 1.86. The molecule has 1 aromatic carbocycles. The van der Waals surface area contributed by atoms with Crippen LogP contribution in [0.1, 0.15) is 75.1 Å². The lowest BCUT2D eigenvalue weighted by atomic mass is 9.93. The summed E-state index contributed by atoms with van der Waals surface area (Å²) in [5.74, 6) is -0.376. The number of Topliss-reactive ketones (excluding diaryl/α,β-unsaturated/α-hetero) is 1. The molecule has 32 heavy (non-hydrogen) atoms. The molecule has 2 aliphatic rings. The Hall–Kier alpha value is -3.15. The minimum absolute atomic E-state index is 0.00136. The minimum Gasteiger partial charge on any atom is -0.507 e. The first-order valence-corrected chi connectivity index (χ1v) is 11.4. The molecule has 1 aliphatic heterocycles. The van der Waals surface area contributed by atoms with E-state index in [1.54, 1.807) is 23.4 Å². The molecule has 0 spiro atoms. The molecule has 4 rings (SSSR count). The maximum Gasteiger partial charge on any atom is 0.295 e. The number of aliphatic hydroxyl groups excluding tert-OH is 1. The molecule has 1 unspecified atom stereocenters. The van der Waals surface area contributed by atoms with E-state index in [-0.39, 0.29) is 23.3 Å². The number of carbonyl (C=O) groups is 2. The first-order valence-electron chi connectivity index (χ1n) is 11.4. The van der Waals surface area contributed by atoms with E-state index in [2.05, 4.69) is 18.8 Å². The van der Waals surface area contributed by atoms with Gasteiger partial charge in [-0.2, -0.15) is 0 Å². The fourth-order valence-electron chi connectivity index (χ4n) is 4.87. The number of benzene rings is 1. The van der Waals surface area contributed by atoms with Gasteiger partial charge in [0.05, 0.1) is 18.2 Å². The highest BCUT2D eigenvalue weighted by atomic mass is 16.5. The Morgan fingerprint density at radius 2 is 1.84 bits per heavy atom. The number of carbonyl (C=O) groups excluding carboxylic acids is 2. The van der Waals surface area contributed by atoms with Crippen LogP contribution in [0.2, 0.25) is 0 Å². The smallest absolute Gasteiger partial charge is 0.295 e. The van der Waals surface area contributed by atoms with Crippen LogP contribution in [0.4, 0.5) is 0 Å². The van der Waals surface area contributed by atoms with Gasteiger partial charge in [-0.25, -0.2) is 0 Å². The van der Waals surface area contributed by atoms with Crippen molar-refractivity contribution in [2.45, 2.75) is 64.5 Å². The van der Waals surface area contributed by atoms with Crippen LogP contribution >= 0.6 is 0 Å². The highest BCUT2D eigenvalue weighted by Gasteiger charge is 2.49. The number of aromatic nitrogens is 1. The van der Waals surface area contributed by atoms with Crippen molar-refractivity contribution in [1.29, 1.82) is 0 Å². The Kier molecular flexibility index (Phi) is 6.31. The molecule has 1 aromatic heterocycles. The average molecular weight is 435 g/mol. The fourth-order valence-corrected chi connectivity index (χ4v) is 4.87. The molecule has 1 amide bonds. The molecule has 6 heteroatoms. The van der Waals surface area contributed by atoms with Crippen LogP contribution in [0.5, 0.6) is 5.75 Å². The molecule has 0 radical (unpaired) electrons. The Morgan fingerprint density at radius 3 is 2.47 bits per heavy atom. The number of amides is 1. The number of rotatable bonds is 6. The zero-order chi connectivity index (χ0) is 22.8. The summed E-state index contributed by atoms with van der Waals surface area (Å²) in [6, 6.07) is 8.43. The van der Waals surface area contributed by atoms with Crippen LogP contribution < -0.4 is 4.74 Å². The Morgan fingerprint density at radius 1 is 1.16 bits per heavy atom. The van der Waals surface area contributed by atoms with E-state index in [0.717, 1.165) is 42.6 Å². The third kappa shape index (κ3) is 3.90. The van der Waals surface area contributed by atoms with Crippen molar-refractivity contribution in [3.8, 4) is 5.75 Å². The van der Waals surface area contributed by atoms with Crippen molar-refractivity contribution in [2.24, 2.45) is 0 Å². The van der Waals surface area contributed by atoms with Crippen LogP contribution in [-0.4, -0.2) is 39.3 Å². The van der Waals surface area contributed by atoms with Gasteiger partial charge in [0, 0.05) is 24.0 Å². The van der Waals surface area contributed by atoms with Gasteiger partial charge in [0.15, 0.2) is 0 Å². The van der Waals surface area contributed by atoms with Gasteiger partial charge >= 0.3 is 0 Å².